The Kier molecular flexibility index (Phi) is 8.49. The summed E-state index contributed by atoms with van der Waals surface area (Å²) in [7, 11) is -1.17. The maximum Gasteiger partial charge on any atom is 0.216 e. The molecule has 1 unspecified atom stereocenters. The molecule has 1 atom stereocenters. The van der Waals surface area contributed by atoms with Crippen LogP contribution in [-0.4, -0.2) is 57.9 Å². The molecule has 1 N–H and O–H groups in total. The Morgan fingerprint density at radius 1 is 1.19 bits per heavy atom. The quantitative estimate of drug-likeness (QED) is 0.798. The zero-order chi connectivity index (χ0) is 14.4. The van der Waals surface area contributed by atoms with Gasteiger partial charge in [-0.15, -0.1) is 12.4 Å². The molecule has 0 aliphatic carbocycles. The lowest BCUT2D eigenvalue weighted by Crippen LogP contribution is -2.43. The molecule has 0 spiro atoms. The fourth-order valence-electron chi connectivity index (χ4n) is 3.10. The highest BCUT2D eigenvalue weighted by atomic mass is 35.5. The summed E-state index contributed by atoms with van der Waals surface area (Å²) in [6, 6.07) is 0. The first-order chi connectivity index (χ1) is 9.62. The van der Waals surface area contributed by atoms with Gasteiger partial charge < -0.3 is 10.1 Å². The van der Waals surface area contributed by atoms with Crippen molar-refractivity contribution in [2.75, 3.05) is 39.0 Å². The lowest BCUT2D eigenvalue weighted by Gasteiger charge is -2.32. The summed E-state index contributed by atoms with van der Waals surface area (Å²) in [5.41, 5.74) is 0. The highest BCUT2D eigenvalue weighted by Crippen LogP contribution is 2.24. The summed E-state index contributed by atoms with van der Waals surface area (Å²) in [6.45, 7) is 3.10. The number of piperidine rings is 1. The Labute approximate surface area is 135 Å². The molecule has 126 valence electrons. The van der Waals surface area contributed by atoms with Gasteiger partial charge in [-0.05, 0) is 58.0 Å². The molecular weight excluding hydrogens is 312 g/mol. The van der Waals surface area contributed by atoms with Crippen LogP contribution in [0.4, 0.5) is 0 Å². The van der Waals surface area contributed by atoms with E-state index in [4.69, 9.17) is 4.74 Å². The van der Waals surface area contributed by atoms with Gasteiger partial charge in [0.25, 0.3) is 0 Å². The van der Waals surface area contributed by atoms with Gasteiger partial charge in [-0.3, -0.25) is 0 Å². The molecule has 2 saturated heterocycles. The fourth-order valence-corrected chi connectivity index (χ4v) is 4.81. The van der Waals surface area contributed by atoms with Crippen LogP contribution in [0.1, 0.15) is 38.5 Å². The zero-order valence-electron chi connectivity index (χ0n) is 12.9. The lowest BCUT2D eigenvalue weighted by molar-refractivity contribution is 0.0297. The SMILES string of the molecule is CNCCC1CCN(S(=O)(=O)CC2CCCCO2)CC1.Cl. The second-order valence-corrected chi connectivity index (χ2v) is 8.02. The first-order valence-electron chi connectivity index (χ1n) is 7.86. The van der Waals surface area contributed by atoms with E-state index in [1.807, 2.05) is 7.05 Å². The number of rotatable bonds is 6. The van der Waals surface area contributed by atoms with E-state index >= 15 is 0 Å². The molecule has 2 aliphatic heterocycles. The topological polar surface area (TPSA) is 58.6 Å². The third-order valence-electron chi connectivity index (χ3n) is 4.44. The van der Waals surface area contributed by atoms with Crippen LogP contribution in [0.5, 0.6) is 0 Å². The highest BCUT2D eigenvalue weighted by molar-refractivity contribution is 7.89. The van der Waals surface area contributed by atoms with E-state index in [2.05, 4.69) is 5.32 Å². The minimum absolute atomic E-state index is 0. The number of nitrogens with one attached hydrogen (secondary N) is 1. The molecule has 21 heavy (non-hydrogen) atoms. The van der Waals surface area contributed by atoms with E-state index in [1.165, 1.54) is 0 Å². The van der Waals surface area contributed by atoms with Gasteiger partial charge >= 0.3 is 0 Å². The molecule has 5 nitrogen and oxygen atoms in total. The number of sulfonamides is 1. The maximum atomic E-state index is 12.4. The van der Waals surface area contributed by atoms with Crippen LogP contribution >= 0.6 is 12.4 Å². The summed E-state index contributed by atoms with van der Waals surface area (Å²) < 4.78 is 32.1. The monoisotopic (exact) mass is 340 g/mol. The van der Waals surface area contributed by atoms with Crippen molar-refractivity contribution in [3.8, 4) is 0 Å². The minimum atomic E-state index is -3.13. The fraction of sp³-hybridized carbons (Fsp3) is 1.00. The minimum Gasteiger partial charge on any atom is -0.377 e. The average Bonchev–Trinajstić information content (AvgIpc) is 2.46. The second-order valence-electron chi connectivity index (χ2n) is 6.00. The Hall–Kier alpha value is 0.120. The molecular formula is C14H29ClN2O3S. The highest BCUT2D eigenvalue weighted by Gasteiger charge is 2.30. The molecule has 2 aliphatic rings. The van der Waals surface area contributed by atoms with Crippen LogP contribution in [-0.2, 0) is 14.8 Å². The van der Waals surface area contributed by atoms with E-state index in [0.717, 1.165) is 45.1 Å². The van der Waals surface area contributed by atoms with E-state index in [0.29, 0.717) is 25.6 Å². The number of nitrogens with zero attached hydrogens (tertiary/aromatic N) is 1. The van der Waals surface area contributed by atoms with Gasteiger partial charge in [0.1, 0.15) is 0 Å². The number of ether oxygens (including phenoxy) is 1. The van der Waals surface area contributed by atoms with Crippen molar-refractivity contribution in [3.63, 3.8) is 0 Å². The summed E-state index contributed by atoms with van der Waals surface area (Å²) in [4.78, 5) is 0. The molecule has 0 radical (unpaired) electrons. The van der Waals surface area contributed by atoms with Gasteiger partial charge in [0, 0.05) is 19.7 Å². The first kappa shape index (κ1) is 19.2. The smallest absolute Gasteiger partial charge is 0.216 e. The molecule has 0 aromatic carbocycles. The molecule has 0 amide bonds. The van der Waals surface area contributed by atoms with Crippen LogP contribution < -0.4 is 5.32 Å². The van der Waals surface area contributed by atoms with Crippen LogP contribution in [0.3, 0.4) is 0 Å². The molecule has 0 bridgehead atoms. The first-order valence-corrected chi connectivity index (χ1v) is 9.47. The van der Waals surface area contributed by atoms with E-state index < -0.39 is 10.0 Å². The van der Waals surface area contributed by atoms with Gasteiger partial charge in [-0.25, -0.2) is 12.7 Å². The lowest BCUT2D eigenvalue weighted by atomic mass is 9.95. The molecule has 7 heteroatoms. The molecule has 0 aromatic rings. The maximum absolute atomic E-state index is 12.4. The summed E-state index contributed by atoms with van der Waals surface area (Å²) in [6.07, 6.45) is 6.09. The summed E-state index contributed by atoms with van der Waals surface area (Å²) in [5, 5.41) is 3.16. The molecule has 2 fully saturated rings. The predicted octanol–water partition coefficient (Wildman–Crippen LogP) is 1.63. The Morgan fingerprint density at radius 3 is 2.48 bits per heavy atom. The average molecular weight is 341 g/mol. The van der Waals surface area contributed by atoms with Crippen molar-refractivity contribution in [2.45, 2.75) is 44.6 Å². The van der Waals surface area contributed by atoms with Crippen molar-refractivity contribution >= 4 is 22.4 Å². The van der Waals surface area contributed by atoms with Crippen LogP contribution in [0, 0.1) is 5.92 Å². The molecule has 2 rings (SSSR count). The van der Waals surface area contributed by atoms with Crippen molar-refractivity contribution in [1.82, 2.24) is 9.62 Å². The van der Waals surface area contributed by atoms with E-state index in [-0.39, 0.29) is 24.3 Å². The number of hydrogen-bond donors (Lipinski definition) is 1. The summed E-state index contributed by atoms with van der Waals surface area (Å²) in [5.74, 6) is 0.841. The normalized spacial score (nSPS) is 25.5. The van der Waals surface area contributed by atoms with Gasteiger partial charge in [0.2, 0.25) is 10.0 Å². The number of hydrogen-bond acceptors (Lipinski definition) is 4. The van der Waals surface area contributed by atoms with Gasteiger partial charge in [-0.2, -0.15) is 0 Å². The van der Waals surface area contributed by atoms with Crippen molar-refractivity contribution in [1.29, 1.82) is 0 Å². The molecule has 0 aromatic heterocycles. The second kappa shape index (κ2) is 9.30. The van der Waals surface area contributed by atoms with Crippen LogP contribution in [0.2, 0.25) is 0 Å². The predicted molar refractivity (Wildman–Crippen MR) is 87.5 cm³/mol. The van der Waals surface area contributed by atoms with Crippen molar-refractivity contribution in [3.05, 3.63) is 0 Å². The standard InChI is InChI=1S/C14H28N2O3S.ClH/c1-15-8-5-13-6-9-16(10-7-13)20(17,18)12-14-4-2-3-11-19-14;/h13-15H,2-12H2,1H3;1H. The van der Waals surface area contributed by atoms with Crippen LogP contribution in [0.25, 0.3) is 0 Å². The zero-order valence-corrected chi connectivity index (χ0v) is 14.6. The Balaban J connectivity index is 0.00000220. The van der Waals surface area contributed by atoms with Crippen molar-refractivity contribution < 1.29 is 13.2 Å². The third-order valence-corrected chi connectivity index (χ3v) is 6.38. The largest absolute Gasteiger partial charge is 0.377 e. The van der Waals surface area contributed by atoms with Gasteiger partial charge in [0.15, 0.2) is 0 Å². The van der Waals surface area contributed by atoms with E-state index in [1.54, 1.807) is 4.31 Å². The Morgan fingerprint density at radius 2 is 1.90 bits per heavy atom. The third kappa shape index (κ3) is 6.02. The number of halogens is 1. The van der Waals surface area contributed by atoms with E-state index in [9.17, 15) is 8.42 Å². The van der Waals surface area contributed by atoms with Gasteiger partial charge in [0.05, 0.1) is 11.9 Å². The van der Waals surface area contributed by atoms with Gasteiger partial charge in [-0.1, -0.05) is 0 Å². The molecule has 0 saturated carbocycles. The van der Waals surface area contributed by atoms with Crippen molar-refractivity contribution in [2.24, 2.45) is 5.92 Å². The molecule has 2 heterocycles. The Bertz CT molecular complexity index is 378. The van der Waals surface area contributed by atoms with Crippen LogP contribution in [0.15, 0.2) is 0 Å². The summed E-state index contributed by atoms with van der Waals surface area (Å²) >= 11 is 0.